The standard InChI is InChI=1S/C19H27ClN3O3S2/c1-4-7-12-23-18(22(10-5-2)11-6-3)27-14-19(23,24)15-8-9-16(20)17(13-15)28(21,25)26/h5-6,8-9,13,24H,2-4,7,10-12,14H2,1H3,(H2,21,25,26)/q+1. The van der Waals surface area contributed by atoms with E-state index in [1.54, 1.807) is 18.2 Å². The van der Waals surface area contributed by atoms with Crippen LogP contribution in [0, 0.1) is 0 Å². The Morgan fingerprint density at radius 2 is 2.04 bits per heavy atom. The Kier molecular flexibility index (Phi) is 7.75. The van der Waals surface area contributed by atoms with Gasteiger partial charge >= 0.3 is 5.17 Å². The maximum atomic E-state index is 11.9. The highest BCUT2D eigenvalue weighted by atomic mass is 35.5. The molecule has 0 saturated carbocycles. The number of amidine groups is 1. The number of aliphatic hydroxyl groups is 1. The van der Waals surface area contributed by atoms with Crippen molar-refractivity contribution in [1.29, 1.82) is 0 Å². The molecule has 1 unspecified atom stereocenters. The van der Waals surface area contributed by atoms with Crippen molar-refractivity contribution in [2.75, 3.05) is 25.4 Å². The van der Waals surface area contributed by atoms with Gasteiger partial charge in [0.25, 0.3) is 0 Å². The summed E-state index contributed by atoms with van der Waals surface area (Å²) >= 11 is 7.54. The minimum Gasteiger partial charge on any atom is -0.349 e. The number of halogens is 1. The summed E-state index contributed by atoms with van der Waals surface area (Å²) in [5.41, 5.74) is -0.934. The predicted octanol–water partition coefficient (Wildman–Crippen LogP) is 2.72. The highest BCUT2D eigenvalue weighted by molar-refractivity contribution is 8.13. The summed E-state index contributed by atoms with van der Waals surface area (Å²) in [5.74, 6) is 0.350. The molecular formula is C19H27ClN3O3S2+. The van der Waals surface area contributed by atoms with E-state index in [1.165, 1.54) is 23.9 Å². The molecule has 1 aromatic rings. The minimum atomic E-state index is -4.01. The second-order valence-electron chi connectivity index (χ2n) is 6.57. The second-order valence-corrected chi connectivity index (χ2v) is 9.45. The van der Waals surface area contributed by atoms with E-state index < -0.39 is 15.7 Å². The van der Waals surface area contributed by atoms with Gasteiger partial charge < -0.3 is 5.11 Å². The third-order valence-corrected chi connectivity index (χ3v) is 7.16. The lowest BCUT2D eigenvalue weighted by molar-refractivity contribution is -0.510. The van der Waals surface area contributed by atoms with E-state index in [2.05, 4.69) is 24.7 Å². The molecule has 0 spiro atoms. The summed E-state index contributed by atoms with van der Waals surface area (Å²) in [4.78, 5) is 1.73. The fourth-order valence-corrected chi connectivity index (χ4v) is 5.54. The van der Waals surface area contributed by atoms with Gasteiger partial charge in [-0.15, -0.1) is 0 Å². The van der Waals surface area contributed by atoms with Crippen LogP contribution in [0.5, 0.6) is 0 Å². The van der Waals surface area contributed by atoms with Crippen LogP contribution < -0.4 is 5.14 Å². The first-order valence-electron chi connectivity index (χ1n) is 8.98. The zero-order chi connectivity index (χ0) is 20.9. The molecule has 6 nitrogen and oxygen atoms in total. The van der Waals surface area contributed by atoms with E-state index in [0.717, 1.165) is 18.0 Å². The number of hydrogen-bond acceptors (Lipinski definition) is 4. The van der Waals surface area contributed by atoms with Gasteiger partial charge in [0.05, 0.1) is 17.3 Å². The van der Waals surface area contributed by atoms with Crippen LogP contribution in [0.25, 0.3) is 0 Å². The normalized spacial score (nSPS) is 19.7. The number of primary sulfonamides is 1. The molecule has 2 rings (SSSR count). The van der Waals surface area contributed by atoms with Crippen LogP contribution in [0.1, 0.15) is 25.3 Å². The minimum absolute atomic E-state index is 0.0322. The van der Waals surface area contributed by atoms with E-state index >= 15 is 0 Å². The van der Waals surface area contributed by atoms with E-state index in [4.69, 9.17) is 16.7 Å². The first-order chi connectivity index (χ1) is 13.2. The molecule has 28 heavy (non-hydrogen) atoms. The highest BCUT2D eigenvalue weighted by Crippen LogP contribution is 2.40. The van der Waals surface area contributed by atoms with Crippen molar-refractivity contribution in [1.82, 2.24) is 4.90 Å². The van der Waals surface area contributed by atoms with Crippen molar-refractivity contribution in [3.8, 4) is 0 Å². The highest BCUT2D eigenvalue weighted by Gasteiger charge is 2.52. The molecule has 0 bridgehead atoms. The Balaban J connectivity index is 2.60. The Labute approximate surface area is 176 Å². The molecule has 1 heterocycles. The number of rotatable bonds is 9. The van der Waals surface area contributed by atoms with Crippen molar-refractivity contribution in [2.45, 2.75) is 30.4 Å². The SMILES string of the molecule is C=CC[N+](CC=C)=C1SCC(O)(c2ccc(Cl)c(S(N)(=O)=O)c2)N1CCCC. The lowest BCUT2D eigenvalue weighted by Crippen LogP contribution is -2.47. The van der Waals surface area contributed by atoms with Crippen LogP contribution in [0.2, 0.25) is 5.02 Å². The van der Waals surface area contributed by atoms with Gasteiger partial charge in [-0.05, 0) is 30.3 Å². The van der Waals surface area contributed by atoms with E-state index in [0.29, 0.717) is 31.0 Å². The number of benzene rings is 1. The lowest BCUT2D eigenvalue weighted by Gasteiger charge is -2.29. The fraction of sp³-hybridized carbons (Fsp3) is 0.421. The van der Waals surface area contributed by atoms with Crippen LogP contribution in [0.4, 0.5) is 0 Å². The maximum absolute atomic E-state index is 11.9. The smallest absolute Gasteiger partial charge is 0.311 e. The van der Waals surface area contributed by atoms with E-state index in [9.17, 15) is 13.5 Å². The van der Waals surface area contributed by atoms with Crippen molar-refractivity contribution in [2.24, 2.45) is 5.14 Å². The van der Waals surface area contributed by atoms with E-state index in [-0.39, 0.29) is 9.92 Å². The second kappa shape index (κ2) is 9.45. The Morgan fingerprint density at radius 1 is 1.39 bits per heavy atom. The van der Waals surface area contributed by atoms with Crippen molar-refractivity contribution >= 4 is 38.6 Å². The number of hydrogen-bond donors (Lipinski definition) is 2. The molecule has 1 fully saturated rings. The maximum Gasteiger partial charge on any atom is 0.311 e. The van der Waals surface area contributed by atoms with Gasteiger partial charge in [0.1, 0.15) is 18.0 Å². The average molecular weight is 445 g/mol. The summed E-state index contributed by atoms with van der Waals surface area (Å²) in [5, 5.41) is 17.8. The van der Waals surface area contributed by atoms with Crippen LogP contribution in [0.3, 0.4) is 0 Å². The zero-order valence-corrected chi connectivity index (χ0v) is 18.4. The van der Waals surface area contributed by atoms with Crippen LogP contribution >= 0.6 is 23.4 Å². The van der Waals surface area contributed by atoms with Gasteiger partial charge in [-0.2, -0.15) is 0 Å². The van der Waals surface area contributed by atoms with Gasteiger partial charge in [-0.25, -0.2) is 23.0 Å². The fourth-order valence-electron chi connectivity index (χ4n) is 3.09. The number of nitrogens with two attached hydrogens (primary N) is 1. The van der Waals surface area contributed by atoms with Gasteiger partial charge in [0, 0.05) is 5.56 Å². The lowest BCUT2D eigenvalue weighted by atomic mass is 10.0. The molecule has 9 heteroatoms. The number of sulfonamides is 1. The average Bonchev–Trinajstić information content (AvgIpc) is 2.96. The topological polar surface area (TPSA) is 86.6 Å². The number of thioether (sulfide) groups is 1. The first kappa shape index (κ1) is 23.0. The first-order valence-corrected chi connectivity index (χ1v) is 11.9. The molecule has 1 aliphatic rings. The van der Waals surface area contributed by atoms with Crippen molar-refractivity contribution < 1.29 is 18.1 Å². The summed E-state index contributed by atoms with van der Waals surface area (Å²) in [6.07, 6.45) is 5.43. The number of nitrogens with zero attached hydrogens (tertiary/aromatic N) is 2. The Morgan fingerprint density at radius 3 is 2.57 bits per heavy atom. The molecule has 0 aromatic heterocycles. The third kappa shape index (κ3) is 4.80. The summed E-state index contributed by atoms with van der Waals surface area (Å²) < 4.78 is 25.8. The summed E-state index contributed by atoms with van der Waals surface area (Å²) in [6, 6.07) is 4.47. The quantitative estimate of drug-likeness (QED) is 0.451. The van der Waals surface area contributed by atoms with E-state index in [1.807, 2.05) is 4.90 Å². The number of unbranched alkanes of at least 4 members (excludes halogenated alkanes) is 1. The molecule has 0 radical (unpaired) electrons. The van der Waals surface area contributed by atoms with Gasteiger partial charge in [0.2, 0.25) is 15.7 Å². The van der Waals surface area contributed by atoms with Crippen LogP contribution in [0.15, 0.2) is 48.4 Å². The van der Waals surface area contributed by atoms with Crippen LogP contribution in [-0.4, -0.2) is 53.6 Å². The Bertz CT molecular complexity index is 874. The molecular weight excluding hydrogens is 418 g/mol. The van der Waals surface area contributed by atoms with Crippen LogP contribution in [-0.2, 0) is 15.7 Å². The predicted molar refractivity (Wildman–Crippen MR) is 116 cm³/mol. The largest absolute Gasteiger partial charge is 0.349 e. The third-order valence-electron chi connectivity index (χ3n) is 4.48. The molecule has 1 atom stereocenters. The van der Waals surface area contributed by atoms with Gasteiger partial charge in [-0.1, -0.05) is 56.3 Å². The molecule has 1 aromatic carbocycles. The molecule has 3 N–H and O–H groups in total. The monoisotopic (exact) mass is 444 g/mol. The zero-order valence-electron chi connectivity index (χ0n) is 16.0. The summed E-state index contributed by atoms with van der Waals surface area (Å²) in [6.45, 7) is 11.5. The molecule has 0 aliphatic carbocycles. The van der Waals surface area contributed by atoms with Gasteiger partial charge in [0.15, 0.2) is 0 Å². The molecule has 1 saturated heterocycles. The molecule has 0 amide bonds. The van der Waals surface area contributed by atoms with Gasteiger partial charge in [-0.3, -0.25) is 0 Å². The molecule has 154 valence electrons. The van der Waals surface area contributed by atoms with Crippen molar-refractivity contribution in [3.63, 3.8) is 0 Å². The Hall–Kier alpha value is -1.32. The van der Waals surface area contributed by atoms with Crippen molar-refractivity contribution in [3.05, 3.63) is 54.1 Å². The molecule has 1 aliphatic heterocycles. The summed E-state index contributed by atoms with van der Waals surface area (Å²) in [7, 11) is -4.01.